The molecule has 0 bridgehead atoms. The van der Waals surface area contributed by atoms with Crippen LogP contribution in [0.5, 0.6) is 0 Å². The van der Waals surface area contributed by atoms with Gasteiger partial charge in [-0.05, 0) is 42.6 Å². The molecule has 0 N–H and O–H groups in total. The summed E-state index contributed by atoms with van der Waals surface area (Å²) in [6.45, 7) is 2.82. The molecule has 0 saturated carbocycles. The van der Waals surface area contributed by atoms with Crippen molar-refractivity contribution in [2.45, 2.75) is 17.7 Å². The van der Waals surface area contributed by atoms with E-state index >= 15 is 0 Å². The Morgan fingerprint density at radius 1 is 1.24 bits per heavy atom. The van der Waals surface area contributed by atoms with Crippen LogP contribution in [0, 0.1) is 6.92 Å². The second-order valence-corrected chi connectivity index (χ2v) is 7.94. The van der Waals surface area contributed by atoms with Crippen LogP contribution in [0.25, 0.3) is 11.4 Å². The van der Waals surface area contributed by atoms with Crippen LogP contribution in [0.2, 0.25) is 0 Å². The predicted molar refractivity (Wildman–Crippen MR) is 103 cm³/mol. The van der Waals surface area contributed by atoms with Gasteiger partial charge in [-0.2, -0.15) is 4.37 Å². The van der Waals surface area contributed by atoms with E-state index in [4.69, 9.17) is 0 Å². The smallest absolute Gasteiger partial charge is 0.237 e. The molecule has 0 radical (unpaired) electrons. The second kappa shape index (κ2) is 6.98. The Balaban J connectivity index is 1.42. The molecule has 4 rings (SSSR count). The molecule has 0 aliphatic carbocycles. The van der Waals surface area contributed by atoms with Gasteiger partial charge in [0.1, 0.15) is 0 Å². The van der Waals surface area contributed by atoms with Crippen molar-refractivity contribution >= 4 is 34.9 Å². The van der Waals surface area contributed by atoms with Crippen molar-refractivity contribution in [2.75, 3.05) is 17.2 Å². The fourth-order valence-electron chi connectivity index (χ4n) is 2.97. The van der Waals surface area contributed by atoms with Gasteiger partial charge in [0.15, 0.2) is 10.2 Å². The van der Waals surface area contributed by atoms with Gasteiger partial charge in [-0.1, -0.05) is 53.7 Å². The van der Waals surface area contributed by atoms with Gasteiger partial charge in [0.05, 0.1) is 5.75 Å². The van der Waals surface area contributed by atoms with E-state index in [1.54, 1.807) is 0 Å². The molecule has 0 unspecified atom stereocenters. The van der Waals surface area contributed by atoms with Crippen LogP contribution in [-0.2, 0) is 11.2 Å². The third kappa shape index (κ3) is 3.45. The number of amides is 1. The van der Waals surface area contributed by atoms with E-state index in [1.807, 2.05) is 35.2 Å². The molecule has 25 heavy (non-hydrogen) atoms. The summed E-state index contributed by atoms with van der Waals surface area (Å²) in [5, 5.41) is 0. The lowest BCUT2D eigenvalue weighted by Gasteiger charge is -2.16. The Labute approximate surface area is 155 Å². The van der Waals surface area contributed by atoms with Gasteiger partial charge in [-0.15, -0.1) is 0 Å². The summed E-state index contributed by atoms with van der Waals surface area (Å²) in [6, 6.07) is 16.3. The fraction of sp³-hybridized carbons (Fsp3) is 0.211. The van der Waals surface area contributed by atoms with Crippen LogP contribution in [0.15, 0.2) is 52.9 Å². The molecule has 0 spiro atoms. The number of aromatic nitrogens is 2. The van der Waals surface area contributed by atoms with Crippen molar-refractivity contribution in [2.24, 2.45) is 0 Å². The van der Waals surface area contributed by atoms with Gasteiger partial charge in [0.2, 0.25) is 5.91 Å². The van der Waals surface area contributed by atoms with Crippen molar-refractivity contribution in [1.29, 1.82) is 0 Å². The molecule has 2 heterocycles. The number of aryl methyl sites for hydroxylation is 1. The molecule has 1 aliphatic rings. The van der Waals surface area contributed by atoms with Crippen molar-refractivity contribution in [3.05, 3.63) is 59.7 Å². The van der Waals surface area contributed by atoms with E-state index in [1.165, 1.54) is 34.4 Å². The average Bonchev–Trinajstić information content (AvgIpc) is 3.27. The molecule has 1 aromatic heterocycles. The molecule has 0 fully saturated rings. The van der Waals surface area contributed by atoms with Crippen molar-refractivity contribution in [1.82, 2.24) is 9.36 Å². The Hall–Kier alpha value is -2.18. The van der Waals surface area contributed by atoms with Gasteiger partial charge in [-0.25, -0.2) is 4.98 Å². The lowest BCUT2D eigenvalue weighted by Crippen LogP contribution is -2.30. The number of para-hydroxylation sites is 1. The molecule has 1 amide bonds. The summed E-state index contributed by atoms with van der Waals surface area (Å²) in [7, 11) is 0. The molecular formula is C19H17N3OS2. The first-order valence-electron chi connectivity index (χ1n) is 8.12. The third-order valence-corrected chi connectivity index (χ3v) is 6.01. The third-order valence-electron chi connectivity index (χ3n) is 4.19. The van der Waals surface area contributed by atoms with Crippen LogP contribution in [-0.4, -0.2) is 27.6 Å². The lowest BCUT2D eigenvalue weighted by molar-refractivity contribution is -0.116. The highest BCUT2D eigenvalue weighted by molar-refractivity contribution is 8.01. The zero-order valence-electron chi connectivity index (χ0n) is 13.8. The first-order chi connectivity index (χ1) is 12.2. The maximum absolute atomic E-state index is 12.6. The second-order valence-electron chi connectivity index (χ2n) is 5.97. The Kier molecular flexibility index (Phi) is 4.55. The van der Waals surface area contributed by atoms with Gasteiger partial charge >= 0.3 is 0 Å². The SMILES string of the molecule is Cc1cccc(-c2nsc(SCC(=O)N3CCc4ccccc43)n2)c1. The molecular weight excluding hydrogens is 350 g/mol. The average molecular weight is 367 g/mol. The number of thioether (sulfide) groups is 1. The number of carbonyl (C=O) groups excluding carboxylic acids is 1. The zero-order valence-corrected chi connectivity index (χ0v) is 15.4. The molecule has 126 valence electrons. The number of nitrogens with zero attached hydrogens (tertiary/aromatic N) is 3. The Bertz CT molecular complexity index is 922. The van der Waals surface area contributed by atoms with Gasteiger partial charge < -0.3 is 4.90 Å². The van der Waals surface area contributed by atoms with Crippen LogP contribution < -0.4 is 4.90 Å². The highest BCUT2D eigenvalue weighted by atomic mass is 32.2. The topological polar surface area (TPSA) is 46.1 Å². The number of rotatable bonds is 4. The molecule has 3 aromatic rings. The lowest BCUT2D eigenvalue weighted by atomic mass is 10.1. The summed E-state index contributed by atoms with van der Waals surface area (Å²) in [4.78, 5) is 19.0. The number of anilines is 1. The number of hydrogen-bond donors (Lipinski definition) is 0. The van der Waals surface area contributed by atoms with Crippen LogP contribution in [0.3, 0.4) is 0 Å². The molecule has 0 atom stereocenters. The zero-order chi connectivity index (χ0) is 17.2. The van der Waals surface area contributed by atoms with E-state index in [0.717, 1.165) is 34.4 Å². The molecule has 6 heteroatoms. The Morgan fingerprint density at radius 3 is 3.00 bits per heavy atom. The number of carbonyl (C=O) groups is 1. The van der Waals surface area contributed by atoms with Crippen molar-refractivity contribution in [3.63, 3.8) is 0 Å². The van der Waals surface area contributed by atoms with Gasteiger partial charge in [0, 0.05) is 17.8 Å². The first kappa shape index (κ1) is 16.3. The molecule has 2 aromatic carbocycles. The molecule has 0 saturated heterocycles. The largest absolute Gasteiger partial charge is 0.311 e. The number of fused-ring (bicyclic) bond motifs is 1. The van der Waals surface area contributed by atoms with E-state index in [0.29, 0.717) is 5.75 Å². The normalized spacial score (nSPS) is 13.1. The summed E-state index contributed by atoms with van der Waals surface area (Å²) in [6.07, 6.45) is 0.933. The maximum atomic E-state index is 12.6. The minimum absolute atomic E-state index is 0.127. The predicted octanol–water partition coefficient (Wildman–Crippen LogP) is 4.19. The van der Waals surface area contributed by atoms with E-state index < -0.39 is 0 Å². The van der Waals surface area contributed by atoms with Crippen molar-refractivity contribution in [3.8, 4) is 11.4 Å². The van der Waals surface area contributed by atoms with Gasteiger partial charge in [0.25, 0.3) is 0 Å². The van der Waals surface area contributed by atoms with E-state index in [9.17, 15) is 4.79 Å². The number of benzene rings is 2. The standard InChI is InChI=1S/C19H17N3OS2/c1-13-5-4-7-15(11-13)18-20-19(25-21-18)24-12-17(23)22-10-9-14-6-2-3-8-16(14)22/h2-8,11H,9-10,12H2,1H3. The van der Waals surface area contributed by atoms with Crippen molar-refractivity contribution < 1.29 is 4.79 Å². The summed E-state index contributed by atoms with van der Waals surface area (Å²) in [5.74, 6) is 1.24. The minimum Gasteiger partial charge on any atom is -0.311 e. The fourth-order valence-corrected chi connectivity index (χ4v) is 4.46. The quantitative estimate of drug-likeness (QED) is 0.649. The van der Waals surface area contributed by atoms with Gasteiger partial charge in [-0.3, -0.25) is 4.79 Å². The minimum atomic E-state index is 0.127. The van der Waals surface area contributed by atoms with Crippen LogP contribution in [0.4, 0.5) is 5.69 Å². The summed E-state index contributed by atoms with van der Waals surface area (Å²) >= 11 is 2.81. The summed E-state index contributed by atoms with van der Waals surface area (Å²) in [5.41, 5.74) is 4.50. The maximum Gasteiger partial charge on any atom is 0.237 e. The summed E-state index contributed by atoms with van der Waals surface area (Å²) < 4.78 is 5.25. The number of hydrogen-bond acceptors (Lipinski definition) is 5. The monoisotopic (exact) mass is 367 g/mol. The van der Waals surface area contributed by atoms with Crippen LogP contribution in [0.1, 0.15) is 11.1 Å². The Morgan fingerprint density at radius 2 is 2.12 bits per heavy atom. The first-order valence-corrected chi connectivity index (χ1v) is 9.88. The molecule has 4 nitrogen and oxygen atoms in total. The highest BCUT2D eigenvalue weighted by Crippen LogP contribution is 2.30. The van der Waals surface area contributed by atoms with Crippen LogP contribution >= 0.6 is 23.3 Å². The van der Waals surface area contributed by atoms with E-state index in [2.05, 4.69) is 34.5 Å². The molecule has 1 aliphatic heterocycles. The highest BCUT2D eigenvalue weighted by Gasteiger charge is 2.24. The van der Waals surface area contributed by atoms with E-state index in [-0.39, 0.29) is 5.91 Å².